The first-order chi connectivity index (χ1) is 8.08. The van der Waals surface area contributed by atoms with Crippen LogP contribution in [0.25, 0.3) is 0 Å². The number of rotatable bonds is 2. The van der Waals surface area contributed by atoms with E-state index in [2.05, 4.69) is 53.0 Å². The molecule has 2 N–H and O–H groups in total. The molecule has 1 unspecified atom stereocenters. The van der Waals surface area contributed by atoms with Crippen LogP contribution in [0.3, 0.4) is 0 Å². The Balaban J connectivity index is 2.40. The second-order valence-corrected chi connectivity index (χ2v) is 5.19. The lowest BCUT2D eigenvalue weighted by atomic mass is 9.95. The fourth-order valence-corrected chi connectivity index (χ4v) is 2.34. The number of pyridine rings is 1. The lowest BCUT2D eigenvalue weighted by molar-refractivity contribution is 0.851. The van der Waals surface area contributed by atoms with Gasteiger partial charge in [0.15, 0.2) is 0 Å². The lowest BCUT2D eigenvalue weighted by Crippen LogP contribution is -2.13. The Bertz CT molecular complexity index is 537. The Morgan fingerprint density at radius 2 is 1.94 bits per heavy atom. The van der Waals surface area contributed by atoms with Gasteiger partial charge in [0.05, 0.1) is 6.04 Å². The van der Waals surface area contributed by atoms with Crippen LogP contribution in [-0.4, -0.2) is 4.98 Å². The maximum absolute atomic E-state index is 6.28. The minimum absolute atomic E-state index is 0.124. The summed E-state index contributed by atoms with van der Waals surface area (Å²) in [6.45, 7) is 4.18. The van der Waals surface area contributed by atoms with Gasteiger partial charge in [-0.15, -0.1) is 0 Å². The Hall–Kier alpha value is -1.19. The molecule has 2 rings (SSSR count). The van der Waals surface area contributed by atoms with Gasteiger partial charge in [-0.3, -0.25) is 4.98 Å². The van der Waals surface area contributed by atoms with Crippen molar-refractivity contribution in [2.24, 2.45) is 5.73 Å². The van der Waals surface area contributed by atoms with Crippen LogP contribution >= 0.6 is 15.9 Å². The molecule has 0 saturated carbocycles. The van der Waals surface area contributed by atoms with Crippen molar-refractivity contribution in [3.8, 4) is 0 Å². The number of hydrogen-bond acceptors (Lipinski definition) is 2. The zero-order chi connectivity index (χ0) is 12.4. The normalized spacial score (nSPS) is 12.5. The van der Waals surface area contributed by atoms with Crippen LogP contribution in [0.4, 0.5) is 0 Å². The highest BCUT2D eigenvalue weighted by Gasteiger charge is 2.11. The van der Waals surface area contributed by atoms with E-state index in [4.69, 9.17) is 5.73 Å². The van der Waals surface area contributed by atoms with Crippen LogP contribution < -0.4 is 5.73 Å². The largest absolute Gasteiger partial charge is 0.320 e. The molecule has 1 atom stereocenters. The molecular formula is C14H15BrN2. The molecule has 88 valence electrons. The van der Waals surface area contributed by atoms with Gasteiger partial charge >= 0.3 is 0 Å². The molecule has 0 fully saturated rings. The van der Waals surface area contributed by atoms with Crippen molar-refractivity contribution in [2.45, 2.75) is 19.9 Å². The van der Waals surface area contributed by atoms with Crippen LogP contribution in [0.1, 0.15) is 28.3 Å². The molecule has 2 aromatic rings. The number of halogens is 1. The van der Waals surface area contributed by atoms with Gasteiger partial charge in [-0.05, 0) is 52.5 Å². The van der Waals surface area contributed by atoms with E-state index in [1.807, 2.05) is 12.3 Å². The molecule has 0 aliphatic carbocycles. The second-order valence-electron chi connectivity index (χ2n) is 4.27. The Morgan fingerprint density at radius 3 is 2.59 bits per heavy atom. The molecular weight excluding hydrogens is 276 g/mol. The van der Waals surface area contributed by atoms with Crippen molar-refractivity contribution in [3.05, 3.63) is 63.4 Å². The summed E-state index contributed by atoms with van der Waals surface area (Å²) in [7, 11) is 0. The Morgan fingerprint density at radius 1 is 1.18 bits per heavy atom. The van der Waals surface area contributed by atoms with Crippen molar-refractivity contribution >= 4 is 15.9 Å². The topological polar surface area (TPSA) is 38.9 Å². The van der Waals surface area contributed by atoms with Crippen LogP contribution in [0.2, 0.25) is 0 Å². The third kappa shape index (κ3) is 2.73. The van der Waals surface area contributed by atoms with E-state index >= 15 is 0 Å². The fraction of sp³-hybridized carbons (Fsp3) is 0.214. The Kier molecular flexibility index (Phi) is 3.60. The van der Waals surface area contributed by atoms with Gasteiger partial charge in [0, 0.05) is 16.9 Å². The standard InChI is InChI=1S/C14H15BrN2/c1-9-3-4-13(10(2)5-9)14(16)11-6-12(15)8-17-7-11/h3-8,14H,16H2,1-2H3. The van der Waals surface area contributed by atoms with Gasteiger partial charge < -0.3 is 5.73 Å². The smallest absolute Gasteiger partial charge is 0.0569 e. The monoisotopic (exact) mass is 290 g/mol. The molecule has 0 saturated heterocycles. The van der Waals surface area contributed by atoms with Crippen LogP contribution in [-0.2, 0) is 0 Å². The van der Waals surface area contributed by atoms with Gasteiger partial charge in [0.1, 0.15) is 0 Å². The Labute approximate surface area is 110 Å². The molecule has 0 aliphatic heterocycles. The van der Waals surface area contributed by atoms with Crippen LogP contribution in [0.15, 0.2) is 41.1 Å². The third-order valence-electron chi connectivity index (χ3n) is 2.85. The zero-order valence-electron chi connectivity index (χ0n) is 9.94. The summed E-state index contributed by atoms with van der Waals surface area (Å²) in [5.41, 5.74) is 10.9. The summed E-state index contributed by atoms with van der Waals surface area (Å²) in [5.74, 6) is 0. The summed E-state index contributed by atoms with van der Waals surface area (Å²) in [4.78, 5) is 4.15. The van der Waals surface area contributed by atoms with Crippen LogP contribution in [0.5, 0.6) is 0 Å². The molecule has 3 heteroatoms. The molecule has 0 spiro atoms. The van der Waals surface area contributed by atoms with Crippen molar-refractivity contribution in [2.75, 3.05) is 0 Å². The molecule has 1 heterocycles. The van der Waals surface area contributed by atoms with Gasteiger partial charge in [0.2, 0.25) is 0 Å². The fourth-order valence-electron chi connectivity index (χ4n) is 1.95. The predicted octanol–water partition coefficient (Wildman–Crippen LogP) is 3.51. The van der Waals surface area contributed by atoms with Crippen molar-refractivity contribution in [3.63, 3.8) is 0 Å². The molecule has 1 aromatic heterocycles. The summed E-state index contributed by atoms with van der Waals surface area (Å²) in [6.07, 6.45) is 3.58. The number of nitrogens with zero attached hydrogens (tertiary/aromatic N) is 1. The lowest BCUT2D eigenvalue weighted by Gasteiger charge is -2.15. The molecule has 0 aliphatic rings. The minimum atomic E-state index is -0.124. The van der Waals surface area contributed by atoms with Crippen molar-refractivity contribution < 1.29 is 0 Å². The average molecular weight is 291 g/mol. The summed E-state index contributed by atoms with van der Waals surface area (Å²) in [5, 5.41) is 0. The highest BCUT2D eigenvalue weighted by atomic mass is 79.9. The van der Waals surface area contributed by atoms with Gasteiger partial charge in [-0.2, -0.15) is 0 Å². The number of aromatic nitrogens is 1. The number of benzene rings is 1. The van der Waals surface area contributed by atoms with E-state index in [9.17, 15) is 0 Å². The van der Waals surface area contributed by atoms with E-state index in [-0.39, 0.29) is 6.04 Å². The summed E-state index contributed by atoms with van der Waals surface area (Å²) in [6, 6.07) is 8.22. The van der Waals surface area contributed by atoms with E-state index in [1.54, 1.807) is 6.20 Å². The third-order valence-corrected chi connectivity index (χ3v) is 3.28. The molecule has 2 nitrogen and oxygen atoms in total. The van der Waals surface area contributed by atoms with Gasteiger partial charge in [0.25, 0.3) is 0 Å². The highest BCUT2D eigenvalue weighted by molar-refractivity contribution is 9.10. The maximum Gasteiger partial charge on any atom is 0.0569 e. The zero-order valence-corrected chi connectivity index (χ0v) is 11.5. The number of nitrogens with two attached hydrogens (primary N) is 1. The van der Waals surface area contributed by atoms with E-state index in [0.717, 1.165) is 15.6 Å². The van der Waals surface area contributed by atoms with Gasteiger partial charge in [-0.1, -0.05) is 23.8 Å². The number of hydrogen-bond donors (Lipinski definition) is 1. The predicted molar refractivity (Wildman–Crippen MR) is 73.9 cm³/mol. The summed E-state index contributed by atoms with van der Waals surface area (Å²) >= 11 is 3.42. The molecule has 17 heavy (non-hydrogen) atoms. The van der Waals surface area contributed by atoms with Crippen molar-refractivity contribution in [1.82, 2.24) is 4.98 Å². The molecule has 1 aromatic carbocycles. The molecule has 0 radical (unpaired) electrons. The SMILES string of the molecule is Cc1ccc(C(N)c2cncc(Br)c2)c(C)c1. The number of aryl methyl sites for hydroxylation is 2. The van der Waals surface area contributed by atoms with E-state index < -0.39 is 0 Å². The highest BCUT2D eigenvalue weighted by Crippen LogP contribution is 2.24. The second kappa shape index (κ2) is 4.98. The quantitative estimate of drug-likeness (QED) is 0.919. The maximum atomic E-state index is 6.28. The molecule has 0 amide bonds. The minimum Gasteiger partial charge on any atom is -0.320 e. The first-order valence-corrected chi connectivity index (χ1v) is 6.30. The average Bonchev–Trinajstić information content (AvgIpc) is 2.28. The molecule has 0 bridgehead atoms. The van der Waals surface area contributed by atoms with E-state index in [1.165, 1.54) is 11.1 Å². The van der Waals surface area contributed by atoms with Crippen molar-refractivity contribution in [1.29, 1.82) is 0 Å². The first-order valence-electron chi connectivity index (χ1n) is 5.51. The first kappa shape index (κ1) is 12.3. The van der Waals surface area contributed by atoms with E-state index in [0.29, 0.717) is 0 Å². The van der Waals surface area contributed by atoms with Gasteiger partial charge in [-0.25, -0.2) is 0 Å². The summed E-state index contributed by atoms with van der Waals surface area (Å²) < 4.78 is 0.954. The van der Waals surface area contributed by atoms with Crippen LogP contribution in [0, 0.1) is 13.8 Å².